The number of hydrogen-bond donors (Lipinski definition) is 2. The van der Waals surface area contributed by atoms with Crippen LogP contribution in [0.2, 0.25) is 0 Å². The standard InChI is InChI=1S/C44H55NO6S2/c1-28-9-7-19-41(5)35(33-15-13-30(25-31(46)14-11-28)26-34(33)37(47)36-16-12-29(2)53-36)17-20-43(41,50)27-45(23-18-32-10-8-24-52-32)38(48)44-22-21-42(6,39(49)51-44)40(44,3)4/h8-10,12-13,15-16,24,26,31,35,46,50H,7,11,14,17-23,25,27H2,1-6H3/t31-,35-,41-,42-,43+,44+/m0/s1. The van der Waals surface area contributed by atoms with E-state index in [9.17, 15) is 19.8 Å². The van der Waals surface area contributed by atoms with Gasteiger partial charge in [-0.1, -0.05) is 50.6 Å². The summed E-state index contributed by atoms with van der Waals surface area (Å²) in [5.74, 6) is -0.714. The molecule has 9 heteroatoms. The van der Waals surface area contributed by atoms with Crippen molar-refractivity contribution < 1.29 is 29.3 Å². The van der Waals surface area contributed by atoms with Crippen LogP contribution in [0, 0.1) is 23.2 Å². The van der Waals surface area contributed by atoms with E-state index < -0.39 is 33.6 Å². The van der Waals surface area contributed by atoms with Crippen LogP contribution in [-0.4, -0.2) is 63.2 Å². The summed E-state index contributed by atoms with van der Waals surface area (Å²) >= 11 is 3.14. The summed E-state index contributed by atoms with van der Waals surface area (Å²) in [4.78, 5) is 47.5. The minimum absolute atomic E-state index is 0.0310. The predicted molar refractivity (Wildman–Crippen MR) is 210 cm³/mol. The minimum Gasteiger partial charge on any atom is -0.448 e. The molecular weight excluding hydrogens is 703 g/mol. The first-order valence-corrected chi connectivity index (χ1v) is 21.1. The molecule has 1 amide bonds. The Balaban J connectivity index is 1.30. The van der Waals surface area contributed by atoms with Crippen LogP contribution in [0.1, 0.15) is 128 Å². The molecule has 1 saturated heterocycles. The van der Waals surface area contributed by atoms with E-state index in [1.165, 1.54) is 16.9 Å². The van der Waals surface area contributed by atoms with Crippen LogP contribution in [0.3, 0.4) is 0 Å². The molecule has 8 rings (SSSR count). The molecule has 3 aromatic rings. The molecule has 4 aliphatic carbocycles. The predicted octanol–water partition coefficient (Wildman–Crippen LogP) is 8.58. The highest BCUT2D eigenvalue weighted by molar-refractivity contribution is 7.14. The summed E-state index contributed by atoms with van der Waals surface area (Å²) in [5.41, 5.74) is -1.05. The molecule has 0 unspecified atom stereocenters. The molecule has 6 atom stereocenters. The number of ketones is 1. The van der Waals surface area contributed by atoms with Gasteiger partial charge >= 0.3 is 5.97 Å². The summed E-state index contributed by atoms with van der Waals surface area (Å²) < 4.78 is 6.14. The average molecular weight is 758 g/mol. The van der Waals surface area contributed by atoms with Crippen molar-refractivity contribution in [3.63, 3.8) is 0 Å². The van der Waals surface area contributed by atoms with E-state index >= 15 is 4.79 Å². The number of benzene rings is 1. The molecule has 53 heavy (non-hydrogen) atoms. The van der Waals surface area contributed by atoms with Crippen LogP contribution in [0.4, 0.5) is 0 Å². The summed E-state index contributed by atoms with van der Waals surface area (Å²) in [5, 5.41) is 26.3. The van der Waals surface area contributed by atoms with E-state index in [-0.39, 0.29) is 30.1 Å². The normalized spacial score (nSPS) is 32.2. The molecule has 0 radical (unpaired) electrons. The van der Waals surface area contributed by atoms with Crippen LogP contribution in [0.5, 0.6) is 0 Å². The van der Waals surface area contributed by atoms with Crippen molar-refractivity contribution in [1.82, 2.24) is 4.90 Å². The highest BCUT2D eigenvalue weighted by atomic mass is 32.1. The smallest absolute Gasteiger partial charge is 0.313 e. The Kier molecular flexibility index (Phi) is 10.00. The van der Waals surface area contributed by atoms with E-state index in [4.69, 9.17) is 4.74 Å². The Bertz CT molecular complexity index is 1930. The quantitative estimate of drug-likeness (QED) is 0.136. The second kappa shape index (κ2) is 13.9. The first kappa shape index (κ1) is 38.2. The molecule has 2 N–H and O–H groups in total. The largest absolute Gasteiger partial charge is 0.448 e. The SMILES string of the molecule is CC1=CCC[C@@]2(C)[C@@H](CC[C@@]2(O)CN(CCc2cccs2)C(=O)[C@@]23CC[C@@](C)(C(=O)O2)C3(C)C)c2ccc(cc2C(=O)c2ccc(C)s2)C[C@@H](O)CC1. The lowest BCUT2D eigenvalue weighted by atomic mass is 9.64. The van der Waals surface area contributed by atoms with Gasteiger partial charge in [0.1, 0.15) is 0 Å². The van der Waals surface area contributed by atoms with Crippen LogP contribution >= 0.6 is 22.7 Å². The van der Waals surface area contributed by atoms with Gasteiger partial charge in [-0.15, -0.1) is 22.7 Å². The molecule has 3 fully saturated rings. The molecular formula is C44H55NO6S2. The minimum atomic E-state index is -1.29. The van der Waals surface area contributed by atoms with Crippen molar-refractivity contribution in [1.29, 1.82) is 0 Å². The highest BCUT2D eigenvalue weighted by Crippen LogP contribution is 2.66. The average Bonchev–Trinajstić information content (AvgIpc) is 3.91. The number of rotatable bonds is 8. The number of carbonyl (C=O) groups is 3. The Labute approximate surface area is 322 Å². The van der Waals surface area contributed by atoms with Crippen molar-refractivity contribution in [2.24, 2.45) is 16.2 Å². The van der Waals surface area contributed by atoms with Gasteiger partial charge in [-0.3, -0.25) is 14.4 Å². The van der Waals surface area contributed by atoms with Crippen LogP contribution in [-0.2, 0) is 27.2 Å². The number of hydrogen-bond acceptors (Lipinski definition) is 8. The van der Waals surface area contributed by atoms with Crippen LogP contribution in [0.25, 0.3) is 0 Å². The van der Waals surface area contributed by atoms with Gasteiger partial charge < -0.3 is 19.8 Å². The summed E-state index contributed by atoms with van der Waals surface area (Å²) in [7, 11) is 0. The fourth-order valence-electron chi connectivity index (χ4n) is 10.1. The van der Waals surface area contributed by atoms with Gasteiger partial charge in [-0.2, -0.15) is 0 Å². The van der Waals surface area contributed by atoms with Crippen molar-refractivity contribution >= 4 is 40.3 Å². The van der Waals surface area contributed by atoms with Gasteiger partial charge in [-0.05, 0) is 132 Å². The number of aryl methyl sites for hydroxylation is 1. The van der Waals surface area contributed by atoms with Gasteiger partial charge in [0.15, 0.2) is 5.60 Å². The number of fused-ring (bicyclic) bond motifs is 10. The fraction of sp³-hybridized carbons (Fsp3) is 0.568. The maximum absolute atomic E-state index is 15.1. The van der Waals surface area contributed by atoms with E-state index in [1.54, 1.807) is 11.3 Å². The molecule has 7 nitrogen and oxygen atoms in total. The maximum atomic E-state index is 15.1. The molecule has 3 heterocycles. The summed E-state index contributed by atoms with van der Waals surface area (Å²) in [6, 6.07) is 14.0. The molecule has 4 bridgehead atoms. The van der Waals surface area contributed by atoms with Gasteiger partial charge in [0.2, 0.25) is 5.78 Å². The molecule has 2 aromatic heterocycles. The molecule has 5 aliphatic rings. The van der Waals surface area contributed by atoms with Crippen molar-refractivity contribution in [3.8, 4) is 0 Å². The Morgan fingerprint density at radius 3 is 2.45 bits per heavy atom. The Morgan fingerprint density at radius 2 is 1.79 bits per heavy atom. The van der Waals surface area contributed by atoms with Gasteiger partial charge in [0.25, 0.3) is 5.91 Å². The Morgan fingerprint density at radius 1 is 1.00 bits per heavy atom. The zero-order valence-electron chi connectivity index (χ0n) is 32.1. The van der Waals surface area contributed by atoms with E-state index in [2.05, 4.69) is 32.1 Å². The van der Waals surface area contributed by atoms with Gasteiger partial charge in [0.05, 0.1) is 28.5 Å². The van der Waals surface area contributed by atoms with Crippen molar-refractivity contribution in [3.05, 3.63) is 90.8 Å². The Hall–Kier alpha value is -3.11. The van der Waals surface area contributed by atoms with E-state index in [0.717, 1.165) is 33.7 Å². The number of aliphatic hydroxyl groups is 2. The van der Waals surface area contributed by atoms with E-state index in [1.807, 2.05) is 68.3 Å². The number of allylic oxidation sites excluding steroid dienone is 2. The number of thiophene rings is 2. The summed E-state index contributed by atoms with van der Waals surface area (Å²) in [6.45, 7) is 12.7. The third kappa shape index (κ3) is 6.27. The third-order valence-electron chi connectivity index (χ3n) is 14.3. The van der Waals surface area contributed by atoms with Crippen molar-refractivity contribution in [2.75, 3.05) is 13.1 Å². The zero-order chi connectivity index (χ0) is 38.0. The van der Waals surface area contributed by atoms with Gasteiger partial charge in [0, 0.05) is 32.7 Å². The topological polar surface area (TPSA) is 104 Å². The number of ether oxygens (including phenoxy) is 1. The maximum Gasteiger partial charge on any atom is 0.313 e. The van der Waals surface area contributed by atoms with Crippen molar-refractivity contribution in [2.45, 2.75) is 129 Å². The lowest BCUT2D eigenvalue weighted by Crippen LogP contribution is -2.60. The fourth-order valence-corrected chi connectivity index (χ4v) is 11.7. The lowest BCUT2D eigenvalue weighted by Gasteiger charge is -2.47. The van der Waals surface area contributed by atoms with Crippen LogP contribution in [0.15, 0.2) is 59.5 Å². The number of aliphatic hydroxyl groups excluding tert-OH is 1. The first-order valence-electron chi connectivity index (χ1n) is 19.4. The van der Waals surface area contributed by atoms with E-state index in [0.29, 0.717) is 68.4 Å². The molecule has 1 aromatic carbocycles. The second-order valence-electron chi connectivity index (χ2n) is 17.4. The third-order valence-corrected chi connectivity index (χ3v) is 16.2. The number of nitrogens with zero attached hydrogens (tertiary/aromatic N) is 1. The molecule has 2 saturated carbocycles. The lowest BCUT2D eigenvalue weighted by molar-refractivity contribution is -0.177. The monoisotopic (exact) mass is 757 g/mol. The molecule has 1 aliphatic heterocycles. The number of esters is 1. The summed E-state index contributed by atoms with van der Waals surface area (Å²) in [6.07, 6.45) is 7.76. The van der Waals surface area contributed by atoms with Gasteiger partial charge in [-0.25, -0.2) is 0 Å². The second-order valence-corrected chi connectivity index (χ2v) is 19.7. The first-order chi connectivity index (χ1) is 25.0. The molecule has 284 valence electrons. The highest BCUT2D eigenvalue weighted by Gasteiger charge is 2.76. The molecule has 0 spiro atoms. The number of amides is 1. The van der Waals surface area contributed by atoms with Crippen LogP contribution < -0.4 is 0 Å². The zero-order valence-corrected chi connectivity index (χ0v) is 33.8. The number of carbonyl (C=O) groups excluding carboxylic acids is 3.